The summed E-state index contributed by atoms with van der Waals surface area (Å²) in [6, 6.07) is 7.70. The lowest BCUT2D eigenvalue weighted by atomic mass is 10.1. The number of carbonyl (C=O) groups excluding carboxylic acids is 1. The van der Waals surface area contributed by atoms with Gasteiger partial charge in [-0.1, -0.05) is 18.2 Å². The van der Waals surface area contributed by atoms with Gasteiger partial charge in [-0.05, 0) is 18.7 Å². The Labute approximate surface area is 121 Å². The van der Waals surface area contributed by atoms with E-state index in [-0.39, 0.29) is 5.91 Å². The van der Waals surface area contributed by atoms with Crippen LogP contribution in [0.5, 0.6) is 0 Å². The number of benzene rings is 1. The lowest BCUT2D eigenvalue weighted by molar-refractivity contribution is 0.102. The smallest absolute Gasteiger partial charge is 0.259 e. The predicted octanol–water partition coefficient (Wildman–Crippen LogP) is 1.70. The highest BCUT2D eigenvalue weighted by atomic mass is 16.1. The van der Waals surface area contributed by atoms with Gasteiger partial charge in [0.2, 0.25) is 0 Å². The second kappa shape index (κ2) is 5.72. The molecule has 0 radical (unpaired) electrons. The average Bonchev–Trinajstić information content (AvgIpc) is 2.93. The van der Waals surface area contributed by atoms with Crippen molar-refractivity contribution in [3.8, 4) is 0 Å². The summed E-state index contributed by atoms with van der Waals surface area (Å²) in [7, 11) is 1.87. The molecular weight excluding hydrogens is 266 g/mol. The Balaban J connectivity index is 1.90. The molecule has 106 valence electrons. The molecule has 0 fully saturated rings. The summed E-state index contributed by atoms with van der Waals surface area (Å²) in [6.07, 6.45) is 6.51. The molecule has 6 nitrogen and oxygen atoms in total. The second-order valence-electron chi connectivity index (χ2n) is 4.61. The third kappa shape index (κ3) is 2.61. The molecule has 2 N–H and O–H groups in total. The van der Waals surface area contributed by atoms with Crippen molar-refractivity contribution in [2.45, 2.75) is 6.54 Å². The topological polar surface area (TPSA) is 71.3 Å². The molecule has 0 aliphatic rings. The van der Waals surface area contributed by atoms with Gasteiger partial charge in [-0.25, -0.2) is 4.52 Å². The molecule has 0 atom stereocenters. The van der Waals surface area contributed by atoms with Crippen LogP contribution >= 0.6 is 0 Å². The van der Waals surface area contributed by atoms with Crippen LogP contribution in [0, 0.1) is 0 Å². The number of amides is 1. The van der Waals surface area contributed by atoms with E-state index in [1.54, 1.807) is 29.3 Å². The Hall–Kier alpha value is -2.73. The van der Waals surface area contributed by atoms with Gasteiger partial charge in [0.25, 0.3) is 5.91 Å². The van der Waals surface area contributed by atoms with Crippen LogP contribution in [0.4, 0.5) is 5.69 Å². The van der Waals surface area contributed by atoms with Gasteiger partial charge in [0.1, 0.15) is 0 Å². The first kappa shape index (κ1) is 13.3. The van der Waals surface area contributed by atoms with E-state index in [0.717, 1.165) is 11.3 Å². The van der Waals surface area contributed by atoms with E-state index in [1.165, 1.54) is 0 Å². The number of nitrogens with one attached hydrogen (secondary N) is 2. The number of aromatic nitrogens is 3. The van der Waals surface area contributed by atoms with Gasteiger partial charge in [-0.15, -0.1) is 0 Å². The molecule has 2 aromatic heterocycles. The largest absolute Gasteiger partial charge is 0.322 e. The Bertz CT molecular complexity index is 780. The Morgan fingerprint density at radius 2 is 2.14 bits per heavy atom. The second-order valence-corrected chi connectivity index (χ2v) is 4.61. The number of rotatable bonds is 4. The van der Waals surface area contributed by atoms with Crippen LogP contribution in [0.25, 0.3) is 5.52 Å². The maximum Gasteiger partial charge on any atom is 0.259 e. The Morgan fingerprint density at radius 3 is 3.00 bits per heavy atom. The van der Waals surface area contributed by atoms with Crippen molar-refractivity contribution in [1.82, 2.24) is 19.9 Å². The lowest BCUT2D eigenvalue weighted by Gasteiger charge is -2.10. The van der Waals surface area contributed by atoms with Crippen molar-refractivity contribution < 1.29 is 4.79 Å². The number of hydrogen-bond donors (Lipinski definition) is 2. The summed E-state index contributed by atoms with van der Waals surface area (Å²) in [5.41, 5.74) is 3.01. The zero-order valence-electron chi connectivity index (χ0n) is 11.6. The molecule has 0 bridgehead atoms. The maximum absolute atomic E-state index is 12.4. The van der Waals surface area contributed by atoms with Crippen molar-refractivity contribution in [2.24, 2.45) is 0 Å². The Kier molecular flexibility index (Phi) is 3.61. The number of carbonyl (C=O) groups is 1. The molecule has 0 aliphatic heterocycles. The van der Waals surface area contributed by atoms with Crippen molar-refractivity contribution in [3.63, 3.8) is 0 Å². The summed E-state index contributed by atoms with van der Waals surface area (Å²) in [5, 5.41) is 10.2. The van der Waals surface area contributed by atoms with Crippen LogP contribution in [0.1, 0.15) is 15.9 Å². The van der Waals surface area contributed by atoms with E-state index in [9.17, 15) is 4.79 Å². The minimum Gasteiger partial charge on any atom is -0.322 e. The lowest BCUT2D eigenvalue weighted by Crippen LogP contribution is -2.15. The summed E-state index contributed by atoms with van der Waals surface area (Å²) in [5.74, 6) is -0.193. The predicted molar refractivity (Wildman–Crippen MR) is 80.1 cm³/mol. The van der Waals surface area contributed by atoms with E-state index >= 15 is 0 Å². The molecule has 0 unspecified atom stereocenters. The van der Waals surface area contributed by atoms with E-state index in [1.807, 2.05) is 31.3 Å². The number of para-hydroxylation sites is 1. The zero-order valence-corrected chi connectivity index (χ0v) is 11.6. The molecule has 0 aliphatic carbocycles. The fourth-order valence-electron chi connectivity index (χ4n) is 2.19. The first-order chi connectivity index (χ1) is 10.3. The highest BCUT2D eigenvalue weighted by Gasteiger charge is 2.14. The average molecular weight is 281 g/mol. The van der Waals surface area contributed by atoms with Crippen molar-refractivity contribution in [2.75, 3.05) is 12.4 Å². The van der Waals surface area contributed by atoms with E-state index in [0.29, 0.717) is 17.6 Å². The third-order valence-corrected chi connectivity index (χ3v) is 3.20. The fourth-order valence-corrected chi connectivity index (χ4v) is 2.19. The quantitative estimate of drug-likeness (QED) is 0.763. The molecule has 6 heteroatoms. The molecule has 3 aromatic rings. The van der Waals surface area contributed by atoms with Gasteiger partial charge in [-0.3, -0.25) is 9.78 Å². The SMILES string of the molecule is CNCc1ccccc1NC(=O)c1cnn2ccncc12. The van der Waals surface area contributed by atoms with Gasteiger partial charge < -0.3 is 10.6 Å². The minimum absolute atomic E-state index is 0.193. The summed E-state index contributed by atoms with van der Waals surface area (Å²) >= 11 is 0. The fraction of sp³-hybridized carbons (Fsp3) is 0.133. The van der Waals surface area contributed by atoms with Gasteiger partial charge >= 0.3 is 0 Å². The standard InChI is InChI=1S/C15H15N5O/c1-16-8-11-4-2-3-5-13(11)19-15(21)12-9-18-20-7-6-17-10-14(12)20/h2-7,9-10,16H,8H2,1H3,(H,19,21). The molecule has 1 aromatic carbocycles. The van der Waals surface area contributed by atoms with Crippen LogP contribution in [0.2, 0.25) is 0 Å². The summed E-state index contributed by atoms with van der Waals surface area (Å²) < 4.78 is 1.63. The van der Waals surface area contributed by atoms with Crippen LogP contribution in [0.3, 0.4) is 0 Å². The van der Waals surface area contributed by atoms with Crippen LogP contribution in [0.15, 0.2) is 49.1 Å². The summed E-state index contributed by atoms with van der Waals surface area (Å²) in [4.78, 5) is 16.5. The van der Waals surface area contributed by atoms with Gasteiger partial charge in [0, 0.05) is 24.6 Å². The first-order valence-electron chi connectivity index (χ1n) is 6.61. The van der Waals surface area contributed by atoms with Gasteiger partial charge in [-0.2, -0.15) is 5.10 Å². The van der Waals surface area contributed by atoms with Gasteiger partial charge in [0.15, 0.2) is 0 Å². The normalized spacial score (nSPS) is 10.7. The van der Waals surface area contributed by atoms with Crippen LogP contribution in [-0.2, 0) is 6.54 Å². The Morgan fingerprint density at radius 1 is 1.29 bits per heavy atom. The summed E-state index contributed by atoms with van der Waals surface area (Å²) in [6.45, 7) is 0.687. The molecule has 0 spiro atoms. The van der Waals surface area contributed by atoms with Crippen LogP contribution in [-0.4, -0.2) is 27.6 Å². The monoisotopic (exact) mass is 281 g/mol. The van der Waals surface area contributed by atoms with E-state index in [2.05, 4.69) is 20.7 Å². The highest BCUT2D eigenvalue weighted by Crippen LogP contribution is 2.17. The zero-order chi connectivity index (χ0) is 14.7. The van der Waals surface area contributed by atoms with Crippen molar-refractivity contribution >= 4 is 17.1 Å². The number of hydrogen-bond acceptors (Lipinski definition) is 4. The molecule has 3 rings (SSSR count). The molecule has 0 saturated heterocycles. The first-order valence-corrected chi connectivity index (χ1v) is 6.61. The van der Waals surface area contributed by atoms with Gasteiger partial charge in [0.05, 0.1) is 23.5 Å². The highest BCUT2D eigenvalue weighted by molar-refractivity contribution is 6.08. The maximum atomic E-state index is 12.4. The number of nitrogens with zero attached hydrogens (tertiary/aromatic N) is 3. The van der Waals surface area contributed by atoms with Crippen molar-refractivity contribution in [3.05, 3.63) is 60.2 Å². The van der Waals surface area contributed by atoms with E-state index in [4.69, 9.17) is 0 Å². The molecule has 0 saturated carbocycles. The number of anilines is 1. The van der Waals surface area contributed by atoms with Crippen LogP contribution < -0.4 is 10.6 Å². The van der Waals surface area contributed by atoms with E-state index < -0.39 is 0 Å². The molecule has 1 amide bonds. The molecule has 21 heavy (non-hydrogen) atoms. The number of fused-ring (bicyclic) bond motifs is 1. The third-order valence-electron chi connectivity index (χ3n) is 3.20. The van der Waals surface area contributed by atoms with Crippen molar-refractivity contribution in [1.29, 1.82) is 0 Å². The minimum atomic E-state index is -0.193. The molecule has 2 heterocycles. The molecular formula is C15H15N5O.